The Hall–Kier alpha value is -0.850. The number of aromatic nitrogens is 2. The molecule has 1 atom stereocenters. The highest BCUT2D eigenvalue weighted by atomic mass is 79.9. The van der Waals surface area contributed by atoms with Gasteiger partial charge in [-0.25, -0.2) is 9.97 Å². The second-order valence-corrected chi connectivity index (χ2v) is 3.29. The maximum absolute atomic E-state index is 12.1. The summed E-state index contributed by atoms with van der Waals surface area (Å²) >= 11 is 2.99. The SMILES string of the molecule is CC(Oc1cc(Br)ncn1)C(F)(F)F. The molecule has 7 heteroatoms. The van der Waals surface area contributed by atoms with Crippen molar-refractivity contribution in [3.63, 3.8) is 0 Å². The van der Waals surface area contributed by atoms with E-state index < -0.39 is 12.3 Å². The molecule has 0 aliphatic rings. The second kappa shape index (κ2) is 4.12. The molecule has 1 heterocycles. The standard InChI is InChI=1S/C7H6BrF3N2O/c1-4(7(9,10)11)14-6-2-5(8)12-3-13-6/h2-4H,1H3. The van der Waals surface area contributed by atoms with Crippen molar-refractivity contribution in [3.05, 3.63) is 17.0 Å². The Bertz CT molecular complexity index is 318. The fraction of sp³-hybridized carbons (Fsp3) is 0.429. The van der Waals surface area contributed by atoms with Crippen molar-refractivity contribution in [2.75, 3.05) is 0 Å². The van der Waals surface area contributed by atoms with Crippen LogP contribution in [0.5, 0.6) is 5.88 Å². The lowest BCUT2D eigenvalue weighted by Crippen LogP contribution is -2.31. The van der Waals surface area contributed by atoms with Crippen LogP contribution in [0.4, 0.5) is 13.2 Å². The topological polar surface area (TPSA) is 35.0 Å². The molecule has 1 rings (SSSR count). The highest BCUT2D eigenvalue weighted by molar-refractivity contribution is 9.10. The number of hydrogen-bond acceptors (Lipinski definition) is 3. The molecule has 1 aromatic rings. The van der Waals surface area contributed by atoms with E-state index in [2.05, 4.69) is 30.6 Å². The van der Waals surface area contributed by atoms with Crippen LogP contribution in [-0.2, 0) is 0 Å². The molecule has 0 saturated heterocycles. The van der Waals surface area contributed by atoms with Gasteiger partial charge >= 0.3 is 6.18 Å². The fourth-order valence-corrected chi connectivity index (χ4v) is 0.917. The zero-order valence-corrected chi connectivity index (χ0v) is 8.63. The first-order valence-electron chi connectivity index (χ1n) is 3.60. The average Bonchev–Trinajstić information content (AvgIpc) is 2.02. The van der Waals surface area contributed by atoms with Crippen molar-refractivity contribution in [1.82, 2.24) is 9.97 Å². The van der Waals surface area contributed by atoms with Crippen molar-refractivity contribution < 1.29 is 17.9 Å². The summed E-state index contributed by atoms with van der Waals surface area (Å²) in [4.78, 5) is 7.18. The van der Waals surface area contributed by atoms with E-state index in [1.54, 1.807) is 0 Å². The quantitative estimate of drug-likeness (QED) is 0.775. The Morgan fingerprint density at radius 1 is 1.43 bits per heavy atom. The van der Waals surface area contributed by atoms with Gasteiger partial charge in [0.2, 0.25) is 5.88 Å². The average molecular weight is 271 g/mol. The molecule has 1 unspecified atom stereocenters. The molecular formula is C7H6BrF3N2O. The summed E-state index contributed by atoms with van der Waals surface area (Å²) in [6.45, 7) is 0.913. The minimum Gasteiger partial charge on any atom is -0.465 e. The molecule has 14 heavy (non-hydrogen) atoms. The van der Waals surface area contributed by atoms with Gasteiger partial charge in [-0.1, -0.05) is 0 Å². The summed E-state index contributed by atoms with van der Waals surface area (Å²) in [5, 5.41) is 0. The van der Waals surface area contributed by atoms with E-state index in [-0.39, 0.29) is 5.88 Å². The highest BCUT2D eigenvalue weighted by Gasteiger charge is 2.38. The molecule has 0 N–H and O–H groups in total. The third kappa shape index (κ3) is 3.13. The zero-order valence-electron chi connectivity index (χ0n) is 7.05. The molecule has 0 bridgehead atoms. The summed E-state index contributed by atoms with van der Waals surface area (Å²) in [5.41, 5.74) is 0. The molecule has 0 fully saturated rings. The first-order chi connectivity index (χ1) is 6.39. The Balaban J connectivity index is 2.70. The first kappa shape index (κ1) is 11.2. The van der Waals surface area contributed by atoms with Gasteiger partial charge in [0, 0.05) is 6.07 Å². The van der Waals surface area contributed by atoms with Gasteiger partial charge in [0.25, 0.3) is 0 Å². The van der Waals surface area contributed by atoms with Crippen molar-refractivity contribution >= 4 is 15.9 Å². The van der Waals surface area contributed by atoms with Gasteiger partial charge in [-0.15, -0.1) is 0 Å². The molecule has 0 amide bonds. The van der Waals surface area contributed by atoms with E-state index in [0.29, 0.717) is 4.60 Å². The molecular weight excluding hydrogens is 265 g/mol. The summed E-state index contributed by atoms with van der Waals surface area (Å²) in [5.74, 6) is -0.114. The Labute approximate surface area is 86.4 Å². The molecule has 1 aromatic heterocycles. The predicted molar refractivity (Wildman–Crippen MR) is 45.9 cm³/mol. The molecule has 0 saturated carbocycles. The van der Waals surface area contributed by atoms with Crippen molar-refractivity contribution in [2.24, 2.45) is 0 Å². The highest BCUT2D eigenvalue weighted by Crippen LogP contribution is 2.24. The van der Waals surface area contributed by atoms with Crippen molar-refractivity contribution in [1.29, 1.82) is 0 Å². The van der Waals surface area contributed by atoms with Gasteiger partial charge in [-0.2, -0.15) is 13.2 Å². The Morgan fingerprint density at radius 3 is 2.57 bits per heavy atom. The lowest BCUT2D eigenvalue weighted by molar-refractivity contribution is -0.190. The smallest absolute Gasteiger partial charge is 0.425 e. The van der Waals surface area contributed by atoms with E-state index in [9.17, 15) is 13.2 Å². The van der Waals surface area contributed by atoms with E-state index in [0.717, 1.165) is 13.3 Å². The Morgan fingerprint density at radius 2 is 2.07 bits per heavy atom. The molecule has 0 spiro atoms. The monoisotopic (exact) mass is 270 g/mol. The van der Waals surface area contributed by atoms with Gasteiger partial charge in [0.1, 0.15) is 10.9 Å². The van der Waals surface area contributed by atoms with Crippen molar-refractivity contribution in [2.45, 2.75) is 19.2 Å². The molecule has 0 aliphatic heterocycles. The lowest BCUT2D eigenvalue weighted by Gasteiger charge is -2.16. The molecule has 78 valence electrons. The van der Waals surface area contributed by atoms with Crippen LogP contribution in [0.25, 0.3) is 0 Å². The number of halogens is 4. The number of nitrogens with zero attached hydrogens (tertiary/aromatic N) is 2. The predicted octanol–water partition coefficient (Wildman–Crippen LogP) is 2.57. The van der Waals surface area contributed by atoms with Crippen LogP contribution in [0.1, 0.15) is 6.92 Å². The summed E-state index contributed by atoms with van der Waals surface area (Å²) < 4.78 is 41.1. The third-order valence-electron chi connectivity index (χ3n) is 1.37. The van der Waals surface area contributed by atoms with Crippen LogP contribution in [0.2, 0.25) is 0 Å². The van der Waals surface area contributed by atoms with Gasteiger partial charge < -0.3 is 4.74 Å². The summed E-state index contributed by atoms with van der Waals surface area (Å²) in [6.07, 6.45) is -5.16. The van der Waals surface area contributed by atoms with E-state index in [4.69, 9.17) is 0 Å². The largest absolute Gasteiger partial charge is 0.465 e. The number of hydrogen-bond donors (Lipinski definition) is 0. The van der Waals surface area contributed by atoms with Gasteiger partial charge in [-0.05, 0) is 22.9 Å². The minimum atomic E-state index is -4.39. The van der Waals surface area contributed by atoms with Crippen LogP contribution in [-0.4, -0.2) is 22.2 Å². The normalized spacial score (nSPS) is 13.8. The van der Waals surface area contributed by atoms with Gasteiger partial charge in [-0.3, -0.25) is 0 Å². The molecule has 0 aliphatic carbocycles. The molecule has 3 nitrogen and oxygen atoms in total. The van der Waals surface area contributed by atoms with Crippen LogP contribution >= 0.6 is 15.9 Å². The van der Waals surface area contributed by atoms with Crippen molar-refractivity contribution in [3.8, 4) is 5.88 Å². The van der Waals surface area contributed by atoms with E-state index >= 15 is 0 Å². The van der Waals surface area contributed by atoms with Crippen LogP contribution in [0.15, 0.2) is 17.0 Å². The van der Waals surface area contributed by atoms with Gasteiger partial charge in [0.15, 0.2) is 6.10 Å². The van der Waals surface area contributed by atoms with Gasteiger partial charge in [0.05, 0.1) is 0 Å². The lowest BCUT2D eigenvalue weighted by atomic mass is 10.4. The second-order valence-electron chi connectivity index (χ2n) is 2.48. The zero-order chi connectivity index (χ0) is 10.8. The fourth-order valence-electron chi connectivity index (χ4n) is 0.630. The number of ether oxygens (including phenoxy) is 1. The summed E-state index contributed by atoms with van der Waals surface area (Å²) in [6, 6.07) is 1.27. The Kier molecular flexibility index (Phi) is 3.30. The first-order valence-corrected chi connectivity index (χ1v) is 4.40. The molecule has 0 radical (unpaired) electrons. The van der Waals surface area contributed by atoms with Crippen LogP contribution < -0.4 is 4.74 Å². The maximum atomic E-state index is 12.1. The number of rotatable bonds is 2. The third-order valence-corrected chi connectivity index (χ3v) is 1.80. The van der Waals surface area contributed by atoms with Crippen LogP contribution in [0, 0.1) is 0 Å². The number of alkyl halides is 3. The maximum Gasteiger partial charge on any atom is 0.425 e. The van der Waals surface area contributed by atoms with E-state index in [1.165, 1.54) is 6.07 Å². The molecule has 0 aromatic carbocycles. The minimum absolute atomic E-state index is 0.114. The summed E-state index contributed by atoms with van der Waals surface area (Å²) in [7, 11) is 0. The van der Waals surface area contributed by atoms with Crippen LogP contribution in [0.3, 0.4) is 0 Å². The van der Waals surface area contributed by atoms with E-state index in [1.807, 2.05) is 0 Å².